The highest BCUT2D eigenvalue weighted by atomic mass is 19.1. The number of rotatable bonds is 4. The molecule has 0 saturated heterocycles. The zero-order chi connectivity index (χ0) is 13.1. The predicted molar refractivity (Wildman–Crippen MR) is 59.6 cm³/mol. The van der Waals surface area contributed by atoms with Crippen LogP contribution in [0.4, 0.5) is 8.78 Å². The van der Waals surface area contributed by atoms with Gasteiger partial charge in [0.2, 0.25) is 5.89 Å². The number of methoxy groups -OCH3 is 1. The summed E-state index contributed by atoms with van der Waals surface area (Å²) in [6.45, 7) is 2.17. The molecule has 0 aliphatic heterocycles. The molecule has 1 aromatic heterocycles. The van der Waals surface area contributed by atoms with Gasteiger partial charge in [-0.25, -0.2) is 13.8 Å². The van der Waals surface area contributed by atoms with Crippen molar-refractivity contribution >= 4 is 0 Å². The minimum atomic E-state index is -0.690. The summed E-state index contributed by atoms with van der Waals surface area (Å²) < 4.78 is 42.1. The fourth-order valence-electron chi connectivity index (χ4n) is 1.44. The third-order valence-electron chi connectivity index (χ3n) is 2.24. The van der Waals surface area contributed by atoms with Crippen LogP contribution in [-0.2, 0) is 0 Å². The summed E-state index contributed by atoms with van der Waals surface area (Å²) in [5.41, 5.74) is -0.0840. The van der Waals surface area contributed by atoms with Gasteiger partial charge in [-0.3, -0.25) is 0 Å². The summed E-state index contributed by atoms with van der Waals surface area (Å²) in [5.74, 6) is -1.43. The van der Waals surface area contributed by atoms with E-state index in [1.54, 1.807) is 6.92 Å². The molecule has 0 unspecified atom stereocenters. The maximum absolute atomic E-state index is 13.7. The van der Waals surface area contributed by atoms with Gasteiger partial charge in [0.05, 0.1) is 19.3 Å². The van der Waals surface area contributed by atoms with E-state index in [-0.39, 0.29) is 23.1 Å². The van der Waals surface area contributed by atoms with Gasteiger partial charge in [-0.05, 0) is 13.0 Å². The van der Waals surface area contributed by atoms with Gasteiger partial charge >= 0.3 is 5.95 Å². The predicted octanol–water partition coefficient (Wildman–Crippen LogP) is 3.03. The second kappa shape index (κ2) is 5.03. The topological polar surface area (TPSA) is 44.5 Å². The number of ether oxygens (including phenoxy) is 2. The van der Waals surface area contributed by atoms with Crippen LogP contribution in [-0.4, -0.2) is 18.7 Å². The fourth-order valence-corrected chi connectivity index (χ4v) is 1.44. The standard InChI is InChI=1S/C12H11F2NO3/c1-3-17-11-6-15-12(18-11)7-4-9(14)10(16-2)5-8(7)13/h4-6H,3H2,1-2H3. The van der Waals surface area contributed by atoms with Gasteiger partial charge in [-0.2, -0.15) is 0 Å². The van der Waals surface area contributed by atoms with Crippen molar-refractivity contribution in [3.63, 3.8) is 0 Å². The highest BCUT2D eigenvalue weighted by Crippen LogP contribution is 2.30. The molecule has 4 nitrogen and oxygen atoms in total. The Morgan fingerprint density at radius 3 is 2.72 bits per heavy atom. The van der Waals surface area contributed by atoms with Crippen LogP contribution >= 0.6 is 0 Å². The molecule has 0 amide bonds. The Morgan fingerprint density at radius 2 is 2.06 bits per heavy atom. The molecule has 96 valence electrons. The van der Waals surface area contributed by atoms with Crippen molar-refractivity contribution in [3.8, 4) is 23.1 Å². The summed E-state index contributed by atoms with van der Waals surface area (Å²) in [6.07, 6.45) is 1.31. The van der Waals surface area contributed by atoms with E-state index in [0.717, 1.165) is 12.1 Å². The molecule has 0 saturated carbocycles. The van der Waals surface area contributed by atoms with E-state index < -0.39 is 11.6 Å². The van der Waals surface area contributed by atoms with E-state index in [0.29, 0.717) is 6.61 Å². The SMILES string of the molecule is CCOc1cnc(-c2cc(F)c(OC)cc2F)o1. The quantitative estimate of drug-likeness (QED) is 0.842. The monoisotopic (exact) mass is 255 g/mol. The molecular weight excluding hydrogens is 244 g/mol. The molecule has 18 heavy (non-hydrogen) atoms. The van der Waals surface area contributed by atoms with Gasteiger partial charge in [-0.1, -0.05) is 0 Å². The van der Waals surface area contributed by atoms with E-state index in [9.17, 15) is 8.78 Å². The molecule has 1 aromatic carbocycles. The molecule has 0 aliphatic rings. The van der Waals surface area contributed by atoms with E-state index in [2.05, 4.69) is 9.72 Å². The van der Waals surface area contributed by atoms with Crippen LogP contribution < -0.4 is 9.47 Å². The second-order valence-electron chi connectivity index (χ2n) is 3.38. The zero-order valence-corrected chi connectivity index (χ0v) is 9.87. The number of nitrogens with zero attached hydrogens (tertiary/aromatic N) is 1. The summed E-state index contributed by atoms with van der Waals surface area (Å²) in [7, 11) is 1.26. The Labute approximate surface area is 102 Å². The average Bonchev–Trinajstić information content (AvgIpc) is 2.80. The summed E-state index contributed by atoms with van der Waals surface area (Å²) in [5, 5.41) is 0. The third kappa shape index (κ3) is 2.27. The Balaban J connectivity index is 2.40. The molecule has 2 aromatic rings. The van der Waals surface area contributed by atoms with Crippen molar-refractivity contribution in [2.45, 2.75) is 6.92 Å². The van der Waals surface area contributed by atoms with Crippen molar-refractivity contribution in [2.24, 2.45) is 0 Å². The molecular formula is C12H11F2NO3. The van der Waals surface area contributed by atoms with Gasteiger partial charge < -0.3 is 13.9 Å². The van der Waals surface area contributed by atoms with Gasteiger partial charge in [0.15, 0.2) is 11.6 Å². The maximum atomic E-state index is 13.7. The zero-order valence-electron chi connectivity index (χ0n) is 9.87. The van der Waals surface area contributed by atoms with Gasteiger partial charge in [0.25, 0.3) is 0 Å². The van der Waals surface area contributed by atoms with Gasteiger partial charge in [0, 0.05) is 6.07 Å². The molecule has 0 N–H and O–H groups in total. The molecule has 0 radical (unpaired) electrons. The van der Waals surface area contributed by atoms with Crippen LogP contribution in [0.25, 0.3) is 11.5 Å². The van der Waals surface area contributed by atoms with E-state index in [4.69, 9.17) is 9.15 Å². The van der Waals surface area contributed by atoms with Crippen LogP contribution in [0.5, 0.6) is 11.7 Å². The number of aromatic nitrogens is 1. The van der Waals surface area contributed by atoms with Crippen molar-refractivity contribution in [3.05, 3.63) is 30.0 Å². The Morgan fingerprint density at radius 1 is 1.28 bits per heavy atom. The van der Waals surface area contributed by atoms with Crippen molar-refractivity contribution in [1.82, 2.24) is 4.98 Å². The number of halogens is 2. The van der Waals surface area contributed by atoms with Crippen LogP contribution in [0.3, 0.4) is 0 Å². The van der Waals surface area contributed by atoms with Gasteiger partial charge in [-0.15, -0.1) is 0 Å². The minimum Gasteiger partial charge on any atom is -0.494 e. The Bertz CT molecular complexity index is 554. The van der Waals surface area contributed by atoms with Crippen molar-refractivity contribution in [2.75, 3.05) is 13.7 Å². The number of hydrogen-bond acceptors (Lipinski definition) is 4. The fraction of sp³-hybridized carbons (Fsp3) is 0.250. The third-order valence-corrected chi connectivity index (χ3v) is 2.24. The largest absolute Gasteiger partial charge is 0.494 e. The lowest BCUT2D eigenvalue weighted by molar-refractivity contribution is 0.260. The lowest BCUT2D eigenvalue weighted by Crippen LogP contribution is -1.93. The molecule has 6 heteroatoms. The second-order valence-corrected chi connectivity index (χ2v) is 3.38. The van der Waals surface area contributed by atoms with Crippen molar-refractivity contribution in [1.29, 1.82) is 0 Å². The molecule has 0 aliphatic carbocycles. The maximum Gasteiger partial charge on any atom is 0.305 e. The lowest BCUT2D eigenvalue weighted by Gasteiger charge is -2.04. The van der Waals surface area contributed by atoms with E-state index in [1.165, 1.54) is 13.3 Å². The average molecular weight is 255 g/mol. The first-order valence-corrected chi connectivity index (χ1v) is 5.27. The van der Waals surface area contributed by atoms with Gasteiger partial charge in [0.1, 0.15) is 12.0 Å². The summed E-state index contributed by atoms with van der Waals surface area (Å²) >= 11 is 0. The first-order chi connectivity index (χ1) is 8.65. The van der Waals surface area contributed by atoms with E-state index >= 15 is 0 Å². The Hall–Kier alpha value is -2.11. The Kier molecular flexibility index (Phi) is 3.45. The van der Waals surface area contributed by atoms with Crippen molar-refractivity contribution < 1.29 is 22.7 Å². The molecule has 0 bridgehead atoms. The molecule has 0 fully saturated rings. The van der Waals surface area contributed by atoms with Crippen LogP contribution in [0.15, 0.2) is 22.7 Å². The summed E-state index contributed by atoms with van der Waals surface area (Å²) in [6, 6.07) is 1.91. The highest BCUT2D eigenvalue weighted by Gasteiger charge is 2.16. The number of benzene rings is 1. The minimum absolute atomic E-state index is 0.0440. The van der Waals surface area contributed by atoms with Crippen LogP contribution in [0.2, 0.25) is 0 Å². The molecule has 2 rings (SSSR count). The highest BCUT2D eigenvalue weighted by molar-refractivity contribution is 5.56. The first-order valence-electron chi connectivity index (χ1n) is 5.27. The lowest BCUT2D eigenvalue weighted by atomic mass is 10.2. The summed E-state index contributed by atoms with van der Waals surface area (Å²) in [4.78, 5) is 3.82. The number of oxazole rings is 1. The van der Waals surface area contributed by atoms with E-state index in [1.807, 2.05) is 0 Å². The number of hydrogen-bond donors (Lipinski definition) is 0. The van der Waals surface area contributed by atoms with Crippen LogP contribution in [0.1, 0.15) is 6.92 Å². The molecule has 0 atom stereocenters. The van der Waals surface area contributed by atoms with Crippen LogP contribution in [0, 0.1) is 11.6 Å². The molecule has 0 spiro atoms. The smallest absolute Gasteiger partial charge is 0.305 e. The first kappa shape index (κ1) is 12.3. The molecule has 1 heterocycles. The normalized spacial score (nSPS) is 10.4.